The highest BCUT2D eigenvalue weighted by Crippen LogP contribution is 2.42. The van der Waals surface area contributed by atoms with Gasteiger partial charge in [-0.05, 0) is 43.2 Å². The van der Waals surface area contributed by atoms with Gasteiger partial charge in [-0.3, -0.25) is 4.79 Å². The van der Waals surface area contributed by atoms with Crippen molar-refractivity contribution in [2.24, 2.45) is 0 Å². The first kappa shape index (κ1) is 14.3. The first-order valence-corrected chi connectivity index (χ1v) is 7.56. The van der Waals surface area contributed by atoms with Crippen molar-refractivity contribution in [3.8, 4) is 0 Å². The van der Waals surface area contributed by atoms with Crippen LogP contribution in [0, 0.1) is 5.82 Å². The van der Waals surface area contributed by atoms with Crippen molar-refractivity contribution in [3.05, 3.63) is 63.9 Å². The zero-order valence-corrected chi connectivity index (χ0v) is 13.4. The molecular weight excluding hydrogens is 333 g/mol. The van der Waals surface area contributed by atoms with E-state index in [2.05, 4.69) is 15.9 Å². The van der Waals surface area contributed by atoms with Crippen LogP contribution in [0.15, 0.2) is 46.9 Å². The maximum Gasteiger partial charge on any atom is 0.237 e. The van der Waals surface area contributed by atoms with Crippen LogP contribution >= 0.6 is 15.9 Å². The fourth-order valence-corrected chi connectivity index (χ4v) is 3.25. The predicted octanol–water partition coefficient (Wildman–Crippen LogP) is 4.41. The summed E-state index contributed by atoms with van der Waals surface area (Å²) < 4.78 is 13.9. The summed E-state index contributed by atoms with van der Waals surface area (Å²) in [4.78, 5) is 14.5. The number of halogens is 2. The second kappa shape index (κ2) is 4.95. The van der Waals surface area contributed by atoms with Gasteiger partial charge in [-0.1, -0.05) is 40.2 Å². The average Bonchev–Trinajstić information content (AvgIpc) is 2.63. The Hall–Kier alpha value is -1.68. The molecule has 0 saturated heterocycles. The maximum absolute atomic E-state index is 13.2. The largest absolute Gasteiger partial charge is 0.307 e. The zero-order chi connectivity index (χ0) is 15.2. The Balaban J connectivity index is 2.02. The number of carbonyl (C=O) groups excluding carboxylic acids is 1. The molecule has 2 aromatic carbocycles. The number of hydrogen-bond donors (Lipinski definition) is 0. The molecule has 2 nitrogen and oxygen atoms in total. The minimum absolute atomic E-state index is 0.0694. The molecule has 108 valence electrons. The molecule has 0 aromatic heterocycles. The van der Waals surface area contributed by atoms with Crippen LogP contribution < -0.4 is 4.90 Å². The third-order valence-corrected chi connectivity index (χ3v) is 4.73. The van der Waals surface area contributed by atoms with Gasteiger partial charge in [0, 0.05) is 10.2 Å². The Morgan fingerprint density at radius 3 is 2.62 bits per heavy atom. The molecule has 0 unspecified atom stereocenters. The Labute approximate surface area is 131 Å². The van der Waals surface area contributed by atoms with Gasteiger partial charge in [0.1, 0.15) is 5.82 Å². The van der Waals surface area contributed by atoms with Crippen molar-refractivity contribution in [1.29, 1.82) is 0 Å². The van der Waals surface area contributed by atoms with Gasteiger partial charge in [-0.2, -0.15) is 0 Å². The second-order valence-electron chi connectivity index (χ2n) is 5.77. The molecule has 2 aromatic rings. The van der Waals surface area contributed by atoms with Gasteiger partial charge in [-0.15, -0.1) is 0 Å². The van der Waals surface area contributed by atoms with Crippen molar-refractivity contribution in [2.45, 2.75) is 25.8 Å². The van der Waals surface area contributed by atoms with E-state index in [0.717, 1.165) is 16.8 Å². The Morgan fingerprint density at radius 2 is 1.90 bits per heavy atom. The fourth-order valence-electron chi connectivity index (χ4n) is 2.78. The Morgan fingerprint density at radius 1 is 1.19 bits per heavy atom. The molecule has 0 radical (unpaired) electrons. The quantitative estimate of drug-likeness (QED) is 0.787. The predicted molar refractivity (Wildman–Crippen MR) is 84.8 cm³/mol. The minimum atomic E-state index is -0.525. The second-order valence-corrected chi connectivity index (χ2v) is 6.62. The number of rotatable bonds is 2. The molecule has 0 N–H and O–H groups in total. The first-order chi connectivity index (χ1) is 9.91. The monoisotopic (exact) mass is 347 g/mol. The summed E-state index contributed by atoms with van der Waals surface area (Å²) >= 11 is 3.36. The van der Waals surface area contributed by atoms with Crippen molar-refractivity contribution in [1.82, 2.24) is 0 Å². The third kappa shape index (κ3) is 2.27. The van der Waals surface area contributed by atoms with Gasteiger partial charge in [0.15, 0.2) is 0 Å². The van der Waals surface area contributed by atoms with Crippen molar-refractivity contribution in [3.63, 3.8) is 0 Å². The molecule has 21 heavy (non-hydrogen) atoms. The lowest BCUT2D eigenvalue weighted by Gasteiger charge is -2.21. The van der Waals surface area contributed by atoms with E-state index in [1.54, 1.807) is 11.0 Å². The van der Waals surface area contributed by atoms with Crippen LogP contribution in [-0.2, 0) is 16.8 Å². The van der Waals surface area contributed by atoms with Crippen molar-refractivity contribution >= 4 is 27.5 Å². The lowest BCUT2D eigenvalue weighted by Crippen LogP contribution is -2.35. The van der Waals surface area contributed by atoms with E-state index in [0.29, 0.717) is 11.0 Å². The number of hydrogen-bond acceptors (Lipinski definition) is 1. The van der Waals surface area contributed by atoms with Crippen LogP contribution in [0.4, 0.5) is 10.1 Å². The zero-order valence-electron chi connectivity index (χ0n) is 11.9. The molecule has 0 aliphatic carbocycles. The molecule has 0 saturated carbocycles. The molecule has 0 spiro atoms. The highest BCUT2D eigenvalue weighted by molar-refractivity contribution is 9.10. The number of para-hydroxylation sites is 1. The summed E-state index contributed by atoms with van der Waals surface area (Å²) in [6, 6.07) is 12.4. The van der Waals surface area contributed by atoms with Gasteiger partial charge < -0.3 is 4.90 Å². The average molecular weight is 348 g/mol. The molecule has 1 heterocycles. The molecule has 1 amide bonds. The van der Waals surface area contributed by atoms with Crippen LogP contribution in [0.3, 0.4) is 0 Å². The number of benzene rings is 2. The molecular formula is C17H15BrFNO. The normalized spacial score (nSPS) is 16.2. The summed E-state index contributed by atoms with van der Waals surface area (Å²) in [6.45, 7) is 4.31. The SMILES string of the molecule is CC1(C)C(=O)N(Cc2ccc(F)cc2Br)c2ccccc21. The summed E-state index contributed by atoms with van der Waals surface area (Å²) in [7, 11) is 0. The first-order valence-electron chi connectivity index (χ1n) is 6.76. The van der Waals surface area contributed by atoms with Crippen LogP contribution in [0.2, 0.25) is 0 Å². The highest BCUT2D eigenvalue weighted by atomic mass is 79.9. The van der Waals surface area contributed by atoms with E-state index in [4.69, 9.17) is 0 Å². The standard InChI is InChI=1S/C17H15BrFNO/c1-17(2)13-5-3-4-6-15(13)20(16(17)21)10-11-7-8-12(19)9-14(11)18/h3-9H,10H2,1-2H3. The van der Waals surface area contributed by atoms with E-state index in [-0.39, 0.29) is 11.7 Å². The van der Waals surface area contributed by atoms with E-state index in [9.17, 15) is 9.18 Å². The molecule has 3 rings (SSSR count). The number of amides is 1. The lowest BCUT2D eigenvalue weighted by atomic mass is 9.86. The minimum Gasteiger partial charge on any atom is -0.307 e. The number of carbonyl (C=O) groups is 1. The van der Waals surface area contributed by atoms with Crippen molar-refractivity contribution < 1.29 is 9.18 Å². The van der Waals surface area contributed by atoms with Gasteiger partial charge in [0.2, 0.25) is 5.91 Å². The topological polar surface area (TPSA) is 20.3 Å². The van der Waals surface area contributed by atoms with E-state index in [1.165, 1.54) is 12.1 Å². The van der Waals surface area contributed by atoms with Gasteiger partial charge in [0.25, 0.3) is 0 Å². The van der Waals surface area contributed by atoms with Crippen LogP contribution in [0.5, 0.6) is 0 Å². The number of nitrogens with zero attached hydrogens (tertiary/aromatic N) is 1. The third-order valence-electron chi connectivity index (χ3n) is 3.99. The number of anilines is 1. The fraction of sp³-hybridized carbons (Fsp3) is 0.235. The smallest absolute Gasteiger partial charge is 0.237 e. The van der Waals surface area contributed by atoms with Crippen LogP contribution in [0.25, 0.3) is 0 Å². The molecule has 1 aliphatic rings. The van der Waals surface area contributed by atoms with E-state index >= 15 is 0 Å². The summed E-state index contributed by atoms with van der Waals surface area (Å²) in [5.74, 6) is -0.223. The van der Waals surface area contributed by atoms with Crippen molar-refractivity contribution in [2.75, 3.05) is 4.90 Å². The molecule has 4 heteroatoms. The van der Waals surface area contributed by atoms with Gasteiger partial charge >= 0.3 is 0 Å². The maximum atomic E-state index is 13.2. The molecule has 0 atom stereocenters. The van der Waals surface area contributed by atoms with Gasteiger partial charge in [0.05, 0.1) is 12.0 Å². The highest BCUT2D eigenvalue weighted by Gasteiger charge is 2.43. The molecule has 0 bridgehead atoms. The van der Waals surface area contributed by atoms with Crippen LogP contribution in [-0.4, -0.2) is 5.91 Å². The Bertz CT molecular complexity index is 726. The summed E-state index contributed by atoms with van der Waals surface area (Å²) in [5.41, 5.74) is 2.33. The van der Waals surface area contributed by atoms with Crippen LogP contribution in [0.1, 0.15) is 25.0 Å². The summed E-state index contributed by atoms with van der Waals surface area (Å²) in [6.07, 6.45) is 0. The van der Waals surface area contributed by atoms with E-state index < -0.39 is 5.41 Å². The van der Waals surface area contributed by atoms with Gasteiger partial charge in [-0.25, -0.2) is 4.39 Å². The summed E-state index contributed by atoms with van der Waals surface area (Å²) in [5, 5.41) is 0. The molecule has 1 aliphatic heterocycles. The number of fused-ring (bicyclic) bond motifs is 1. The molecule has 0 fully saturated rings. The van der Waals surface area contributed by atoms with E-state index in [1.807, 2.05) is 38.1 Å². The Kier molecular flexibility index (Phi) is 3.36. The lowest BCUT2D eigenvalue weighted by molar-refractivity contribution is -0.122.